The van der Waals surface area contributed by atoms with Crippen LogP contribution in [0.1, 0.15) is 24.0 Å². The van der Waals surface area contributed by atoms with Gasteiger partial charge < -0.3 is 14.2 Å². The number of rotatable bonds is 4. The van der Waals surface area contributed by atoms with Crippen molar-refractivity contribution in [2.24, 2.45) is 7.05 Å². The van der Waals surface area contributed by atoms with Crippen LogP contribution in [-0.2, 0) is 24.8 Å². The number of aromatic nitrogens is 2. The lowest BCUT2D eigenvalue weighted by Crippen LogP contribution is -2.37. The summed E-state index contributed by atoms with van der Waals surface area (Å²) in [6.45, 7) is 1.09. The molecule has 1 aliphatic rings. The number of amides is 1. The minimum Gasteiger partial charge on any atom is -0.445 e. The lowest BCUT2D eigenvalue weighted by molar-refractivity contribution is 0.0921. The summed E-state index contributed by atoms with van der Waals surface area (Å²) in [5.41, 5.74) is 3.23. The third-order valence-electron chi connectivity index (χ3n) is 5.09. The number of fused-ring (bicyclic) bond motifs is 1. The van der Waals surface area contributed by atoms with Gasteiger partial charge in [0.2, 0.25) is 0 Å². The lowest BCUT2D eigenvalue weighted by Gasteiger charge is -2.24. The van der Waals surface area contributed by atoms with Crippen molar-refractivity contribution in [1.29, 1.82) is 0 Å². The first-order valence-electron chi connectivity index (χ1n) is 9.08. The van der Waals surface area contributed by atoms with Crippen LogP contribution >= 0.6 is 0 Å². The summed E-state index contributed by atoms with van der Waals surface area (Å²) in [6, 6.07) is 14.1. The molecule has 0 spiro atoms. The van der Waals surface area contributed by atoms with Gasteiger partial charge in [-0.05, 0) is 42.5 Å². The fourth-order valence-corrected chi connectivity index (χ4v) is 3.80. The van der Waals surface area contributed by atoms with Crippen LogP contribution in [-0.4, -0.2) is 33.1 Å². The van der Waals surface area contributed by atoms with Gasteiger partial charge in [-0.3, -0.25) is 0 Å². The molecule has 5 nitrogen and oxygen atoms in total. The number of ether oxygens (including phenoxy) is 1. The maximum atomic E-state index is 12.6. The minimum absolute atomic E-state index is 0.184. The SMILES string of the molecule is Cn1cc(C[C@@H]2CCCN2C(=O)OCc2ccccc2)c2cccnc21. The Morgan fingerprint density at radius 3 is 2.92 bits per heavy atom. The van der Waals surface area contributed by atoms with E-state index in [1.807, 2.05) is 54.5 Å². The van der Waals surface area contributed by atoms with Crippen LogP contribution in [0.4, 0.5) is 4.79 Å². The molecular weight excluding hydrogens is 326 g/mol. The third kappa shape index (κ3) is 3.29. The summed E-state index contributed by atoms with van der Waals surface area (Å²) in [6.07, 6.45) is 6.60. The molecule has 0 saturated carbocycles. The number of benzene rings is 1. The van der Waals surface area contributed by atoms with E-state index in [1.54, 1.807) is 0 Å². The van der Waals surface area contributed by atoms with Crippen LogP contribution in [0.3, 0.4) is 0 Å². The molecule has 5 heteroatoms. The zero-order chi connectivity index (χ0) is 17.9. The molecule has 26 heavy (non-hydrogen) atoms. The molecule has 1 atom stereocenters. The highest BCUT2D eigenvalue weighted by Crippen LogP contribution is 2.26. The number of aryl methyl sites for hydroxylation is 1. The number of hydrogen-bond acceptors (Lipinski definition) is 3. The van der Waals surface area contributed by atoms with E-state index >= 15 is 0 Å². The molecule has 0 bridgehead atoms. The molecule has 4 rings (SSSR count). The smallest absolute Gasteiger partial charge is 0.410 e. The molecule has 1 aromatic carbocycles. The van der Waals surface area contributed by atoms with Crippen molar-refractivity contribution in [3.63, 3.8) is 0 Å². The average molecular weight is 349 g/mol. The maximum absolute atomic E-state index is 12.6. The van der Waals surface area contributed by atoms with E-state index in [2.05, 4.69) is 21.8 Å². The largest absolute Gasteiger partial charge is 0.445 e. The van der Waals surface area contributed by atoms with Crippen LogP contribution in [0, 0.1) is 0 Å². The van der Waals surface area contributed by atoms with Crippen molar-refractivity contribution in [2.75, 3.05) is 6.54 Å². The molecule has 0 radical (unpaired) electrons. The van der Waals surface area contributed by atoms with Crippen LogP contribution in [0.5, 0.6) is 0 Å². The molecule has 1 amide bonds. The van der Waals surface area contributed by atoms with Gasteiger partial charge in [-0.2, -0.15) is 0 Å². The molecule has 1 aliphatic heterocycles. The second kappa shape index (κ2) is 7.20. The Hall–Kier alpha value is -2.82. The first kappa shape index (κ1) is 16.6. The Bertz CT molecular complexity index is 904. The van der Waals surface area contributed by atoms with Crippen LogP contribution in [0.2, 0.25) is 0 Å². The summed E-state index contributed by atoms with van der Waals surface area (Å²) >= 11 is 0. The maximum Gasteiger partial charge on any atom is 0.410 e. The van der Waals surface area contributed by atoms with Crippen LogP contribution in [0.15, 0.2) is 54.9 Å². The van der Waals surface area contributed by atoms with Gasteiger partial charge in [0, 0.05) is 37.4 Å². The average Bonchev–Trinajstić information content (AvgIpc) is 3.26. The molecule has 0 aliphatic carbocycles. The zero-order valence-electron chi connectivity index (χ0n) is 15.0. The van der Waals surface area contributed by atoms with E-state index < -0.39 is 0 Å². The van der Waals surface area contributed by atoms with Gasteiger partial charge >= 0.3 is 6.09 Å². The molecule has 134 valence electrons. The first-order valence-corrected chi connectivity index (χ1v) is 9.08. The van der Waals surface area contributed by atoms with E-state index in [-0.39, 0.29) is 12.1 Å². The van der Waals surface area contributed by atoms with Gasteiger partial charge in [0.1, 0.15) is 12.3 Å². The molecule has 3 heterocycles. The van der Waals surface area contributed by atoms with Crippen molar-refractivity contribution in [3.05, 3.63) is 66.0 Å². The minimum atomic E-state index is -0.213. The fourth-order valence-electron chi connectivity index (χ4n) is 3.80. The van der Waals surface area contributed by atoms with E-state index in [1.165, 1.54) is 10.9 Å². The van der Waals surface area contributed by atoms with Gasteiger partial charge in [0.15, 0.2) is 0 Å². The predicted molar refractivity (Wildman–Crippen MR) is 101 cm³/mol. The molecule has 1 fully saturated rings. The van der Waals surface area contributed by atoms with Crippen molar-refractivity contribution in [3.8, 4) is 0 Å². The fraction of sp³-hybridized carbons (Fsp3) is 0.333. The Kier molecular flexibility index (Phi) is 4.61. The van der Waals surface area contributed by atoms with Crippen molar-refractivity contribution < 1.29 is 9.53 Å². The Morgan fingerprint density at radius 2 is 2.08 bits per heavy atom. The lowest BCUT2D eigenvalue weighted by atomic mass is 10.0. The van der Waals surface area contributed by atoms with E-state index in [4.69, 9.17) is 4.74 Å². The van der Waals surface area contributed by atoms with E-state index in [0.717, 1.165) is 37.0 Å². The molecule has 3 aromatic rings. The second-order valence-corrected chi connectivity index (χ2v) is 6.87. The van der Waals surface area contributed by atoms with E-state index in [9.17, 15) is 4.79 Å². The molecule has 0 N–H and O–H groups in total. The second-order valence-electron chi connectivity index (χ2n) is 6.87. The highest BCUT2D eigenvalue weighted by Gasteiger charge is 2.30. The van der Waals surface area contributed by atoms with Gasteiger partial charge in [-0.15, -0.1) is 0 Å². The highest BCUT2D eigenvalue weighted by atomic mass is 16.6. The van der Waals surface area contributed by atoms with E-state index in [0.29, 0.717) is 6.61 Å². The summed E-state index contributed by atoms with van der Waals surface area (Å²) in [7, 11) is 2.01. The quantitative estimate of drug-likeness (QED) is 0.717. The van der Waals surface area contributed by atoms with Crippen molar-refractivity contribution in [2.45, 2.75) is 31.9 Å². The number of likely N-dealkylation sites (tertiary alicyclic amines) is 1. The molecular formula is C21H23N3O2. The van der Waals surface area contributed by atoms with Crippen LogP contribution in [0.25, 0.3) is 11.0 Å². The Balaban J connectivity index is 1.45. The number of carbonyl (C=O) groups excluding carboxylic acids is 1. The standard InChI is InChI=1S/C21H23N3O2/c1-23-14-17(19-10-5-11-22-20(19)23)13-18-9-6-12-24(18)21(25)26-15-16-7-3-2-4-8-16/h2-5,7-8,10-11,14,18H,6,9,12-13,15H2,1H3/t18-/m0/s1. The number of carbonyl (C=O) groups is 1. The normalized spacial score (nSPS) is 17.0. The zero-order valence-corrected chi connectivity index (χ0v) is 15.0. The topological polar surface area (TPSA) is 47.4 Å². The Labute approximate surface area is 153 Å². The summed E-state index contributed by atoms with van der Waals surface area (Å²) in [5.74, 6) is 0. The van der Waals surface area contributed by atoms with Crippen molar-refractivity contribution in [1.82, 2.24) is 14.5 Å². The van der Waals surface area contributed by atoms with Gasteiger partial charge in [0.25, 0.3) is 0 Å². The molecule has 0 unspecified atom stereocenters. The Morgan fingerprint density at radius 1 is 1.23 bits per heavy atom. The van der Waals surface area contributed by atoms with Gasteiger partial charge in [0.05, 0.1) is 0 Å². The number of pyridine rings is 1. The predicted octanol–water partition coefficient (Wildman–Crippen LogP) is 3.92. The van der Waals surface area contributed by atoms with Crippen molar-refractivity contribution >= 4 is 17.1 Å². The summed E-state index contributed by atoms with van der Waals surface area (Å²) in [5, 5.41) is 1.17. The summed E-state index contributed by atoms with van der Waals surface area (Å²) < 4.78 is 7.60. The third-order valence-corrected chi connectivity index (χ3v) is 5.09. The monoisotopic (exact) mass is 349 g/mol. The first-order chi connectivity index (χ1) is 12.7. The molecule has 1 saturated heterocycles. The van der Waals surface area contributed by atoms with Gasteiger partial charge in [-0.25, -0.2) is 9.78 Å². The number of nitrogens with zero attached hydrogens (tertiary/aromatic N) is 3. The molecule has 2 aromatic heterocycles. The number of hydrogen-bond donors (Lipinski definition) is 0. The highest BCUT2D eigenvalue weighted by molar-refractivity contribution is 5.80. The van der Waals surface area contributed by atoms with Gasteiger partial charge in [-0.1, -0.05) is 30.3 Å². The van der Waals surface area contributed by atoms with Crippen LogP contribution < -0.4 is 0 Å². The summed E-state index contributed by atoms with van der Waals surface area (Å²) in [4.78, 5) is 18.9.